The molecule has 1 N–H and O–H groups in total. The Bertz CT molecular complexity index is 1510. The molecule has 0 unspecified atom stereocenters. The number of rotatable bonds is 5. The first-order valence-corrected chi connectivity index (χ1v) is 11.2. The van der Waals surface area contributed by atoms with E-state index in [9.17, 15) is 9.59 Å². The lowest BCUT2D eigenvalue weighted by molar-refractivity contribution is -0.117. The lowest BCUT2D eigenvalue weighted by Gasteiger charge is -2.11. The molecule has 160 valence electrons. The van der Waals surface area contributed by atoms with Crippen molar-refractivity contribution in [3.63, 3.8) is 0 Å². The Morgan fingerprint density at radius 2 is 1.84 bits per heavy atom. The van der Waals surface area contributed by atoms with Crippen LogP contribution in [-0.2, 0) is 17.8 Å². The van der Waals surface area contributed by atoms with Crippen LogP contribution < -0.4 is 11.0 Å². The molecule has 5 aromatic rings. The fourth-order valence-electron chi connectivity index (χ4n) is 4.02. The molecule has 7 nitrogen and oxygen atoms in total. The van der Waals surface area contributed by atoms with E-state index in [2.05, 4.69) is 15.4 Å². The summed E-state index contributed by atoms with van der Waals surface area (Å²) < 4.78 is 3.06. The molecule has 0 saturated carbocycles. The lowest BCUT2D eigenvalue weighted by atomic mass is 10.0. The van der Waals surface area contributed by atoms with Crippen molar-refractivity contribution >= 4 is 38.5 Å². The predicted molar refractivity (Wildman–Crippen MR) is 128 cm³/mol. The Morgan fingerprint density at radius 3 is 2.62 bits per heavy atom. The van der Waals surface area contributed by atoms with Gasteiger partial charge in [0.15, 0.2) is 0 Å². The summed E-state index contributed by atoms with van der Waals surface area (Å²) in [5.74, 6) is 0.501. The van der Waals surface area contributed by atoms with Crippen LogP contribution in [0.25, 0.3) is 32.4 Å². The molecule has 32 heavy (non-hydrogen) atoms. The summed E-state index contributed by atoms with van der Waals surface area (Å²) in [5, 5.41) is 0.517. The fourth-order valence-corrected chi connectivity index (χ4v) is 5.02. The zero-order valence-electron chi connectivity index (χ0n) is 17.7. The smallest absolute Gasteiger partial charge is 0.281 e. The average molecular weight is 444 g/mol. The highest BCUT2D eigenvalue weighted by Crippen LogP contribution is 2.35. The van der Waals surface area contributed by atoms with Crippen LogP contribution >= 0.6 is 11.3 Å². The van der Waals surface area contributed by atoms with Crippen LogP contribution in [-0.4, -0.2) is 25.1 Å². The lowest BCUT2D eigenvalue weighted by Crippen LogP contribution is -2.35. The molecule has 0 saturated heterocycles. The maximum Gasteiger partial charge on any atom is 0.281 e. The Hall–Kier alpha value is -3.78. The first-order chi connectivity index (χ1) is 15.6. The molecule has 1 amide bonds. The first kappa shape index (κ1) is 20.1. The van der Waals surface area contributed by atoms with E-state index in [-0.39, 0.29) is 18.0 Å². The van der Waals surface area contributed by atoms with E-state index in [4.69, 9.17) is 0 Å². The quantitative estimate of drug-likeness (QED) is 0.443. The molecule has 5 rings (SSSR count). The molecule has 3 heterocycles. The number of imidazole rings is 1. The molecule has 0 radical (unpaired) electrons. The maximum atomic E-state index is 13.3. The number of nitrogens with one attached hydrogen (secondary N) is 1. The predicted octanol–water partition coefficient (Wildman–Crippen LogP) is 4.12. The van der Waals surface area contributed by atoms with Crippen molar-refractivity contribution in [1.82, 2.24) is 19.2 Å². The minimum absolute atomic E-state index is 0.0579. The third-order valence-electron chi connectivity index (χ3n) is 5.45. The highest BCUT2D eigenvalue weighted by molar-refractivity contribution is 7.19. The van der Waals surface area contributed by atoms with Crippen LogP contribution in [0, 0.1) is 6.92 Å². The van der Waals surface area contributed by atoms with Crippen LogP contribution in [0.4, 0.5) is 0 Å². The van der Waals surface area contributed by atoms with E-state index >= 15 is 0 Å². The number of nitrogens with zero attached hydrogens (tertiary/aromatic N) is 4. The number of aromatic nitrogens is 4. The van der Waals surface area contributed by atoms with E-state index in [1.165, 1.54) is 22.3 Å². The van der Waals surface area contributed by atoms with Gasteiger partial charge in [-0.25, -0.2) is 14.6 Å². The molecular formula is C24H21N5O2S. The molecule has 0 bridgehead atoms. The van der Waals surface area contributed by atoms with E-state index < -0.39 is 0 Å². The highest BCUT2D eigenvalue weighted by Gasteiger charge is 2.18. The molecule has 3 aromatic heterocycles. The maximum absolute atomic E-state index is 13.3. The summed E-state index contributed by atoms with van der Waals surface area (Å²) in [6.07, 6.45) is 2.07. The van der Waals surface area contributed by atoms with Gasteiger partial charge in [0.2, 0.25) is 0 Å². The van der Waals surface area contributed by atoms with Crippen LogP contribution in [0.2, 0.25) is 0 Å². The van der Waals surface area contributed by atoms with Crippen molar-refractivity contribution in [3.8, 4) is 11.1 Å². The Balaban J connectivity index is 1.51. The number of fused-ring (bicyclic) bond motifs is 2. The van der Waals surface area contributed by atoms with Crippen molar-refractivity contribution in [3.05, 3.63) is 82.0 Å². The second-order valence-electron chi connectivity index (χ2n) is 7.49. The number of para-hydroxylation sites is 2. The standard InChI is InChI=1S/C24H21N5O2S/c1-3-19-26-17-11-7-8-12-18(17)28(19)13-20(30)27-29-14-25-23-22(24(29)31)21(15(2)32-23)16-9-5-4-6-10-16/h4-12,14H,3,13H2,1-2H3,(H,27,30). The van der Waals surface area contributed by atoms with Crippen molar-refractivity contribution < 1.29 is 4.79 Å². The number of amides is 1. The van der Waals surface area contributed by atoms with Gasteiger partial charge in [0.05, 0.1) is 16.4 Å². The zero-order valence-corrected chi connectivity index (χ0v) is 18.5. The SMILES string of the molecule is CCc1nc2ccccc2n1CC(=O)Nn1cnc2sc(C)c(-c3ccccc3)c2c1=O. The number of aryl methyl sites for hydroxylation is 2. The van der Waals surface area contributed by atoms with Crippen molar-refractivity contribution in [2.24, 2.45) is 0 Å². The minimum atomic E-state index is -0.320. The van der Waals surface area contributed by atoms with Gasteiger partial charge in [0.25, 0.3) is 11.5 Å². The Kier molecular flexibility index (Phi) is 5.07. The molecule has 0 atom stereocenters. The second kappa shape index (κ2) is 8.05. The van der Waals surface area contributed by atoms with Gasteiger partial charge in [-0.3, -0.25) is 15.0 Å². The Morgan fingerprint density at radius 1 is 1.09 bits per heavy atom. The van der Waals surface area contributed by atoms with Crippen LogP contribution in [0.3, 0.4) is 0 Å². The first-order valence-electron chi connectivity index (χ1n) is 10.4. The Labute approximate surface area is 188 Å². The van der Waals surface area contributed by atoms with Gasteiger partial charge in [0.1, 0.15) is 23.5 Å². The van der Waals surface area contributed by atoms with E-state index in [0.29, 0.717) is 16.6 Å². The van der Waals surface area contributed by atoms with Crippen LogP contribution in [0.1, 0.15) is 17.6 Å². The number of benzene rings is 2. The van der Waals surface area contributed by atoms with E-state index in [1.54, 1.807) is 0 Å². The molecule has 0 aliphatic carbocycles. The molecule has 8 heteroatoms. The summed E-state index contributed by atoms with van der Waals surface area (Å²) in [7, 11) is 0. The third kappa shape index (κ3) is 3.38. The largest absolute Gasteiger partial charge is 0.318 e. The van der Waals surface area contributed by atoms with Crippen LogP contribution in [0.15, 0.2) is 65.7 Å². The van der Waals surface area contributed by atoms with E-state index in [1.807, 2.05) is 73.0 Å². The van der Waals surface area contributed by atoms with Gasteiger partial charge in [0, 0.05) is 16.9 Å². The summed E-state index contributed by atoms with van der Waals surface area (Å²) in [6.45, 7) is 4.04. The van der Waals surface area contributed by atoms with E-state index in [0.717, 1.165) is 32.9 Å². The second-order valence-corrected chi connectivity index (χ2v) is 8.69. The molecule has 0 fully saturated rings. The third-order valence-corrected chi connectivity index (χ3v) is 6.46. The van der Waals surface area contributed by atoms with Gasteiger partial charge < -0.3 is 4.57 Å². The number of thiophene rings is 1. The summed E-state index contributed by atoms with van der Waals surface area (Å²) in [4.78, 5) is 36.9. The molecule has 0 aliphatic rings. The topological polar surface area (TPSA) is 81.8 Å². The number of hydrogen-bond acceptors (Lipinski definition) is 5. The number of hydrogen-bond donors (Lipinski definition) is 1. The number of carbonyl (C=O) groups excluding carboxylic acids is 1. The minimum Gasteiger partial charge on any atom is -0.318 e. The summed E-state index contributed by atoms with van der Waals surface area (Å²) in [5.41, 5.74) is 5.96. The highest BCUT2D eigenvalue weighted by atomic mass is 32.1. The normalized spacial score (nSPS) is 11.3. The zero-order chi connectivity index (χ0) is 22.2. The van der Waals surface area contributed by atoms with Gasteiger partial charge in [-0.1, -0.05) is 49.4 Å². The van der Waals surface area contributed by atoms with Gasteiger partial charge in [-0.15, -0.1) is 11.3 Å². The van der Waals surface area contributed by atoms with Gasteiger partial charge in [-0.05, 0) is 24.6 Å². The molecule has 2 aromatic carbocycles. The average Bonchev–Trinajstić information content (AvgIpc) is 3.33. The fraction of sp³-hybridized carbons (Fsp3) is 0.167. The monoisotopic (exact) mass is 443 g/mol. The van der Waals surface area contributed by atoms with Crippen molar-refractivity contribution in [2.75, 3.05) is 5.43 Å². The summed E-state index contributed by atoms with van der Waals surface area (Å²) in [6, 6.07) is 17.5. The van der Waals surface area contributed by atoms with Gasteiger partial charge in [-0.2, -0.15) is 0 Å². The summed E-state index contributed by atoms with van der Waals surface area (Å²) >= 11 is 1.48. The van der Waals surface area contributed by atoms with Gasteiger partial charge >= 0.3 is 0 Å². The molecular weight excluding hydrogens is 422 g/mol. The van der Waals surface area contributed by atoms with Crippen molar-refractivity contribution in [2.45, 2.75) is 26.8 Å². The number of carbonyl (C=O) groups is 1. The molecule has 0 aliphatic heterocycles. The van der Waals surface area contributed by atoms with Crippen molar-refractivity contribution in [1.29, 1.82) is 0 Å². The van der Waals surface area contributed by atoms with Crippen LogP contribution in [0.5, 0.6) is 0 Å². The molecule has 0 spiro atoms.